The number of rotatable bonds is 5. The van der Waals surface area contributed by atoms with Crippen molar-refractivity contribution in [1.29, 1.82) is 0 Å². The largest absolute Gasteiger partial charge is 0.350 e. The Morgan fingerprint density at radius 2 is 1.63 bits per heavy atom. The molecule has 0 fully saturated rings. The van der Waals surface area contributed by atoms with E-state index in [0.717, 1.165) is 0 Å². The lowest BCUT2D eigenvalue weighted by molar-refractivity contribution is 0.0942. The number of hydrogen-bond donors (Lipinski definition) is 2. The molecule has 0 heterocycles. The number of benzene rings is 3. The predicted molar refractivity (Wildman–Crippen MR) is 122 cm³/mol. The van der Waals surface area contributed by atoms with Gasteiger partial charge in [0.15, 0.2) is 0 Å². The summed E-state index contributed by atoms with van der Waals surface area (Å²) in [6.07, 6.45) is 5.55. The number of amides is 2. The van der Waals surface area contributed by atoms with E-state index in [9.17, 15) is 9.59 Å². The maximum absolute atomic E-state index is 13.1. The van der Waals surface area contributed by atoms with Crippen LogP contribution >= 0.6 is 11.6 Å². The van der Waals surface area contributed by atoms with Crippen molar-refractivity contribution in [2.45, 2.75) is 19.9 Å². The maximum atomic E-state index is 13.1. The summed E-state index contributed by atoms with van der Waals surface area (Å²) in [5, 5.41) is 6.26. The molecule has 0 bridgehead atoms. The smallest absolute Gasteiger partial charge is 0.256 e. The first-order valence-corrected chi connectivity index (χ1v) is 9.84. The van der Waals surface area contributed by atoms with Crippen LogP contribution in [0.1, 0.15) is 40.1 Å². The molecule has 0 atom stereocenters. The van der Waals surface area contributed by atoms with Crippen molar-refractivity contribution in [3.63, 3.8) is 0 Å². The van der Waals surface area contributed by atoms with Gasteiger partial charge in [-0.15, -0.1) is 6.42 Å². The van der Waals surface area contributed by atoms with Crippen molar-refractivity contribution < 1.29 is 9.59 Å². The van der Waals surface area contributed by atoms with Gasteiger partial charge in [-0.05, 0) is 61.4 Å². The lowest BCUT2D eigenvalue weighted by Gasteiger charge is -2.16. The molecule has 0 saturated heterocycles. The molecule has 5 heteroatoms. The summed E-state index contributed by atoms with van der Waals surface area (Å²) < 4.78 is 0. The Balaban J connectivity index is 2.08. The number of nitrogens with one attached hydrogen (secondary N) is 2. The van der Waals surface area contributed by atoms with E-state index in [-0.39, 0.29) is 17.9 Å². The monoisotopic (exact) mass is 416 g/mol. The quantitative estimate of drug-likeness (QED) is 0.548. The van der Waals surface area contributed by atoms with Crippen molar-refractivity contribution in [2.24, 2.45) is 0 Å². The average Bonchev–Trinajstić information content (AvgIpc) is 2.72. The molecule has 0 aliphatic carbocycles. The molecular weight excluding hydrogens is 396 g/mol. The summed E-state index contributed by atoms with van der Waals surface area (Å²) in [6, 6.07) is 19.2. The van der Waals surface area contributed by atoms with Crippen LogP contribution in [0.25, 0.3) is 11.1 Å². The molecule has 2 N–H and O–H groups in total. The Kier molecular flexibility index (Phi) is 6.56. The van der Waals surface area contributed by atoms with Crippen LogP contribution in [-0.4, -0.2) is 17.9 Å². The fraction of sp³-hybridized carbons (Fsp3) is 0.120. The first kappa shape index (κ1) is 21.2. The van der Waals surface area contributed by atoms with E-state index in [1.165, 1.54) is 0 Å². The van der Waals surface area contributed by atoms with Gasteiger partial charge in [0.05, 0.1) is 0 Å². The number of carbonyl (C=O) groups is 2. The molecular formula is C25H21ClN2O2. The zero-order valence-electron chi connectivity index (χ0n) is 16.7. The molecule has 3 aromatic rings. The molecule has 3 aromatic carbocycles. The standard InChI is InChI=1S/C25H21ClN2O2/c1-4-17-12-13-21(20-10-5-6-11-22(20)24(29)27-16(2)3)23(14-17)25(30)28-19-9-7-8-18(26)15-19/h1,5-16H,2-3H3,(H,27,29)(H,28,30). The second-order valence-electron chi connectivity index (χ2n) is 7.04. The second kappa shape index (κ2) is 9.30. The summed E-state index contributed by atoms with van der Waals surface area (Å²) in [4.78, 5) is 25.8. The van der Waals surface area contributed by atoms with Crippen molar-refractivity contribution >= 4 is 29.1 Å². The molecule has 30 heavy (non-hydrogen) atoms. The van der Waals surface area contributed by atoms with E-state index in [0.29, 0.717) is 38.5 Å². The Labute approximate surface area is 181 Å². The van der Waals surface area contributed by atoms with Gasteiger partial charge in [0.1, 0.15) is 0 Å². The minimum atomic E-state index is -0.344. The molecule has 0 aromatic heterocycles. The molecule has 0 spiro atoms. The summed E-state index contributed by atoms with van der Waals surface area (Å²) in [6.45, 7) is 3.79. The average molecular weight is 417 g/mol. The molecule has 3 rings (SSSR count). The van der Waals surface area contributed by atoms with Crippen LogP contribution in [-0.2, 0) is 0 Å². The second-order valence-corrected chi connectivity index (χ2v) is 7.48. The number of halogens is 1. The zero-order chi connectivity index (χ0) is 21.7. The van der Waals surface area contributed by atoms with E-state index in [1.807, 2.05) is 26.0 Å². The highest BCUT2D eigenvalue weighted by atomic mass is 35.5. The normalized spacial score (nSPS) is 10.4. The summed E-state index contributed by atoms with van der Waals surface area (Å²) >= 11 is 6.02. The minimum Gasteiger partial charge on any atom is -0.350 e. The summed E-state index contributed by atoms with van der Waals surface area (Å²) in [7, 11) is 0. The molecule has 0 unspecified atom stereocenters. The Hall–Kier alpha value is -3.55. The van der Waals surface area contributed by atoms with Crippen LogP contribution in [0.2, 0.25) is 5.02 Å². The van der Waals surface area contributed by atoms with E-state index in [2.05, 4.69) is 16.6 Å². The van der Waals surface area contributed by atoms with Crippen molar-refractivity contribution in [2.75, 3.05) is 5.32 Å². The Bertz CT molecular complexity index is 1150. The third-order valence-corrected chi connectivity index (χ3v) is 4.63. The summed E-state index contributed by atoms with van der Waals surface area (Å²) in [5.74, 6) is 2.01. The van der Waals surface area contributed by atoms with Gasteiger partial charge in [0.2, 0.25) is 0 Å². The topological polar surface area (TPSA) is 58.2 Å². The SMILES string of the molecule is C#Cc1ccc(-c2ccccc2C(=O)NC(C)C)c(C(=O)Nc2cccc(Cl)c2)c1. The van der Waals surface area contributed by atoms with Gasteiger partial charge < -0.3 is 10.6 Å². The lowest BCUT2D eigenvalue weighted by atomic mass is 9.93. The van der Waals surface area contributed by atoms with E-state index in [4.69, 9.17) is 18.0 Å². The first-order valence-electron chi connectivity index (χ1n) is 9.47. The van der Waals surface area contributed by atoms with Gasteiger partial charge in [0.25, 0.3) is 11.8 Å². The van der Waals surface area contributed by atoms with Crippen LogP contribution < -0.4 is 10.6 Å². The molecule has 2 amide bonds. The van der Waals surface area contributed by atoms with Crippen molar-refractivity contribution in [3.05, 3.63) is 88.4 Å². The molecule has 0 aliphatic heterocycles. The fourth-order valence-corrected chi connectivity index (χ4v) is 3.27. The molecule has 4 nitrogen and oxygen atoms in total. The highest BCUT2D eigenvalue weighted by Crippen LogP contribution is 2.29. The molecule has 150 valence electrons. The zero-order valence-corrected chi connectivity index (χ0v) is 17.5. The lowest BCUT2D eigenvalue weighted by Crippen LogP contribution is -2.30. The highest BCUT2D eigenvalue weighted by molar-refractivity contribution is 6.31. The van der Waals surface area contributed by atoms with Crippen LogP contribution in [0.3, 0.4) is 0 Å². The summed E-state index contributed by atoms with van der Waals surface area (Å²) in [5.41, 5.74) is 3.25. The number of anilines is 1. The van der Waals surface area contributed by atoms with Gasteiger partial charge >= 0.3 is 0 Å². The minimum absolute atomic E-state index is 0.0139. The van der Waals surface area contributed by atoms with Crippen LogP contribution in [0, 0.1) is 12.3 Å². The number of hydrogen-bond acceptors (Lipinski definition) is 2. The van der Waals surface area contributed by atoms with Gasteiger partial charge in [-0.3, -0.25) is 9.59 Å². The van der Waals surface area contributed by atoms with Gasteiger partial charge in [-0.2, -0.15) is 0 Å². The first-order chi connectivity index (χ1) is 14.4. The Morgan fingerprint density at radius 3 is 2.33 bits per heavy atom. The van der Waals surface area contributed by atoms with E-state index in [1.54, 1.807) is 54.6 Å². The third-order valence-electron chi connectivity index (χ3n) is 4.39. The fourth-order valence-electron chi connectivity index (χ4n) is 3.08. The van der Waals surface area contributed by atoms with E-state index >= 15 is 0 Å². The van der Waals surface area contributed by atoms with Crippen LogP contribution in [0.15, 0.2) is 66.7 Å². The third kappa shape index (κ3) is 4.89. The van der Waals surface area contributed by atoms with Gasteiger partial charge in [-0.1, -0.05) is 47.9 Å². The van der Waals surface area contributed by atoms with Gasteiger partial charge in [0, 0.05) is 33.4 Å². The Morgan fingerprint density at radius 1 is 0.900 bits per heavy atom. The predicted octanol–water partition coefficient (Wildman–Crippen LogP) is 5.38. The van der Waals surface area contributed by atoms with Crippen molar-refractivity contribution in [1.82, 2.24) is 5.32 Å². The number of carbonyl (C=O) groups excluding carboxylic acids is 2. The molecule has 0 radical (unpaired) electrons. The molecule has 0 aliphatic rings. The molecule has 0 saturated carbocycles. The highest BCUT2D eigenvalue weighted by Gasteiger charge is 2.19. The van der Waals surface area contributed by atoms with Crippen LogP contribution in [0.5, 0.6) is 0 Å². The number of terminal acetylenes is 1. The van der Waals surface area contributed by atoms with E-state index < -0.39 is 0 Å². The van der Waals surface area contributed by atoms with Crippen molar-refractivity contribution in [3.8, 4) is 23.5 Å². The van der Waals surface area contributed by atoms with Crippen LogP contribution in [0.4, 0.5) is 5.69 Å². The van der Waals surface area contributed by atoms with Gasteiger partial charge in [-0.25, -0.2) is 0 Å². The maximum Gasteiger partial charge on any atom is 0.256 e.